The first kappa shape index (κ1) is 62.7. The van der Waals surface area contributed by atoms with Gasteiger partial charge in [-0.1, -0.05) is 61.1 Å². The van der Waals surface area contributed by atoms with Crippen LogP contribution in [0.4, 0.5) is 17.1 Å². The molecule has 12 rings (SSSR count). The van der Waals surface area contributed by atoms with Crippen molar-refractivity contribution in [3.05, 3.63) is 152 Å². The number of allylic oxidation sites excluding steroid dienone is 1. The molecule has 6 aromatic rings. The zero-order valence-electron chi connectivity index (χ0n) is 51.1. The van der Waals surface area contributed by atoms with Gasteiger partial charge in [-0.15, -0.1) is 0 Å². The number of ether oxygens (including phenoxy) is 1. The average Bonchev–Trinajstić information content (AvgIpc) is 1.65. The van der Waals surface area contributed by atoms with Crippen LogP contribution in [0.5, 0.6) is 11.5 Å². The lowest BCUT2D eigenvalue weighted by Crippen LogP contribution is -2.54. The number of imide groups is 2. The van der Waals surface area contributed by atoms with Gasteiger partial charge in [0, 0.05) is 98.1 Å². The summed E-state index contributed by atoms with van der Waals surface area (Å²) in [6.07, 6.45) is 11.8. The van der Waals surface area contributed by atoms with Crippen molar-refractivity contribution in [1.82, 2.24) is 39.6 Å². The normalized spacial score (nSPS) is 19.7. The molecule has 91 heavy (non-hydrogen) atoms. The highest BCUT2D eigenvalue weighted by Crippen LogP contribution is 2.44. The van der Waals surface area contributed by atoms with Gasteiger partial charge >= 0.3 is 0 Å². The van der Waals surface area contributed by atoms with Crippen molar-refractivity contribution in [1.29, 1.82) is 0 Å². The van der Waals surface area contributed by atoms with Crippen molar-refractivity contribution >= 4 is 84.8 Å². The number of likely N-dealkylation sites (tertiary alicyclic amines) is 2. The van der Waals surface area contributed by atoms with Crippen LogP contribution in [-0.2, 0) is 19.6 Å². The third-order valence-electron chi connectivity index (χ3n) is 18.8. The summed E-state index contributed by atoms with van der Waals surface area (Å²) in [5.41, 5.74) is 6.27. The summed E-state index contributed by atoms with van der Waals surface area (Å²) >= 11 is 6.28. The van der Waals surface area contributed by atoms with Crippen LogP contribution in [0.2, 0.25) is 5.02 Å². The van der Waals surface area contributed by atoms with Crippen LogP contribution in [-0.4, -0.2) is 157 Å². The van der Waals surface area contributed by atoms with Gasteiger partial charge in [0.15, 0.2) is 0 Å². The number of sulfonamides is 1. The fraction of sp³-hybridized carbons (Fsp3) is 0.412. The maximum atomic E-state index is 14.2. The van der Waals surface area contributed by atoms with Gasteiger partial charge in [0.25, 0.3) is 33.4 Å². The van der Waals surface area contributed by atoms with Gasteiger partial charge in [0.2, 0.25) is 11.8 Å². The summed E-state index contributed by atoms with van der Waals surface area (Å²) in [4.78, 5) is 94.8. The number of unbranched alkanes of at least 4 members (excludes halogenated alkanes) is 1. The number of nitrogens with zero attached hydrogens (tertiary/aromatic N) is 7. The number of amides is 5. The van der Waals surface area contributed by atoms with Crippen LogP contribution in [0, 0.1) is 33.3 Å². The Bertz CT molecular complexity index is 4040. The molecule has 0 bridgehead atoms. The molecular formula is C68H74ClN11O10S. The summed E-state index contributed by atoms with van der Waals surface area (Å²) in [5, 5.41) is 19.5. The van der Waals surface area contributed by atoms with E-state index in [9.17, 15) is 42.5 Å². The lowest BCUT2D eigenvalue weighted by atomic mass is 9.72. The van der Waals surface area contributed by atoms with E-state index in [0.717, 1.165) is 131 Å². The Balaban J connectivity index is 0.622. The van der Waals surface area contributed by atoms with Crippen LogP contribution in [0.25, 0.3) is 16.6 Å². The Hall–Kier alpha value is -8.46. The number of hydrogen-bond donors (Lipinski definition) is 4. The second kappa shape index (κ2) is 26.8. The van der Waals surface area contributed by atoms with Gasteiger partial charge in [-0.05, 0) is 174 Å². The minimum Gasteiger partial charge on any atom is -0.455 e. The van der Waals surface area contributed by atoms with E-state index in [1.165, 1.54) is 35.0 Å². The van der Waals surface area contributed by atoms with E-state index in [-0.39, 0.29) is 52.3 Å². The summed E-state index contributed by atoms with van der Waals surface area (Å²) in [5.74, 6) is 3.78. The Morgan fingerprint density at radius 3 is 2.41 bits per heavy atom. The van der Waals surface area contributed by atoms with Gasteiger partial charge in [-0.3, -0.25) is 49.2 Å². The maximum absolute atomic E-state index is 14.2. The van der Waals surface area contributed by atoms with Crippen LogP contribution < -0.4 is 25.0 Å². The number of carbonyl (C=O) groups excluding carboxylic acids is 5. The van der Waals surface area contributed by atoms with Crippen molar-refractivity contribution in [2.24, 2.45) is 11.3 Å². The van der Waals surface area contributed by atoms with E-state index in [1.54, 1.807) is 48.7 Å². The van der Waals surface area contributed by atoms with Crippen molar-refractivity contribution in [2.75, 3.05) is 82.2 Å². The molecule has 0 saturated carbocycles. The number of nitro groups is 1. The Labute approximate surface area is 534 Å². The molecule has 7 heterocycles. The monoisotopic (exact) mass is 1270 g/mol. The van der Waals surface area contributed by atoms with Gasteiger partial charge in [0.1, 0.15) is 28.9 Å². The molecular weight excluding hydrogens is 1200 g/mol. The number of H-pyrrole nitrogens is 1. The molecule has 23 heteroatoms. The third kappa shape index (κ3) is 14.2. The highest BCUT2D eigenvalue weighted by molar-refractivity contribution is 7.90. The molecule has 2 aromatic heterocycles. The standard InChI is InChI=1S/C68H74ClN11O10S/c1-68(2)26-20-48(56(40-68)45-10-12-49(69)13-11-45)43-76-33-35-78(36-34-76)51-14-16-54(60(38-51)90-52-37-47-21-27-70-63(47)72-42-52)64(82)74-91(88,89)53-15-17-57(59(39-53)80(86)87)71-41-44-22-31-77(32-23-44)50-24-29-75(30-25-50)28-5-3-4-7-46-8-6-9-55-62(46)67(85)79(66(55)84)58-18-19-61(81)73-65(58)83/h6,8-17,21,27,37-39,42,44,50,58,71H,3,5,18-20,22-26,28-36,40-41,43H2,1-2H3,(H,70,72)(H,74,82)(H,73,81,83). The number of benzene rings is 4. The van der Waals surface area contributed by atoms with E-state index >= 15 is 0 Å². The number of carbonyl (C=O) groups is 5. The van der Waals surface area contributed by atoms with Crippen LogP contribution >= 0.6 is 11.6 Å². The molecule has 6 aliphatic rings. The lowest BCUT2D eigenvalue weighted by molar-refractivity contribution is -0.384. The van der Waals surface area contributed by atoms with Gasteiger partial charge in [-0.2, -0.15) is 0 Å². The predicted molar refractivity (Wildman–Crippen MR) is 346 cm³/mol. The number of hydrogen-bond acceptors (Lipinski definition) is 16. The van der Waals surface area contributed by atoms with E-state index in [1.807, 2.05) is 18.2 Å². The van der Waals surface area contributed by atoms with Crippen LogP contribution in [0.3, 0.4) is 0 Å². The molecule has 4 N–H and O–H groups in total. The topological polar surface area (TPSA) is 253 Å². The molecule has 1 atom stereocenters. The van der Waals surface area contributed by atoms with Gasteiger partial charge < -0.3 is 29.7 Å². The number of fused-ring (bicyclic) bond motifs is 2. The van der Waals surface area contributed by atoms with Crippen LogP contribution in [0.15, 0.2) is 114 Å². The zero-order chi connectivity index (χ0) is 63.6. The highest BCUT2D eigenvalue weighted by Gasteiger charge is 2.45. The first-order valence-corrected chi connectivity index (χ1v) is 33.3. The molecule has 0 radical (unpaired) electrons. The number of nitro benzene ring substituents is 1. The maximum Gasteiger partial charge on any atom is 0.293 e. The zero-order valence-corrected chi connectivity index (χ0v) is 52.7. The minimum atomic E-state index is -4.63. The van der Waals surface area contributed by atoms with Crippen molar-refractivity contribution in [3.8, 4) is 23.3 Å². The number of rotatable bonds is 18. The largest absolute Gasteiger partial charge is 0.455 e. The molecule has 4 aromatic carbocycles. The van der Waals surface area contributed by atoms with Crippen molar-refractivity contribution in [2.45, 2.75) is 101 Å². The lowest BCUT2D eigenvalue weighted by Gasteiger charge is -2.42. The van der Waals surface area contributed by atoms with Crippen LogP contribution in [0.1, 0.15) is 127 Å². The fourth-order valence-corrected chi connectivity index (χ4v) is 14.8. The molecule has 1 unspecified atom stereocenters. The van der Waals surface area contributed by atoms with E-state index in [0.29, 0.717) is 49.1 Å². The number of pyridine rings is 1. The molecule has 4 saturated heterocycles. The molecule has 5 aliphatic heterocycles. The molecule has 474 valence electrons. The third-order valence-corrected chi connectivity index (χ3v) is 20.4. The smallest absolute Gasteiger partial charge is 0.293 e. The molecule has 4 fully saturated rings. The Kier molecular flexibility index (Phi) is 18.5. The summed E-state index contributed by atoms with van der Waals surface area (Å²) < 4.78 is 36.6. The molecule has 0 spiro atoms. The van der Waals surface area contributed by atoms with Crippen molar-refractivity contribution < 1.29 is 42.1 Å². The highest BCUT2D eigenvalue weighted by atomic mass is 35.5. The van der Waals surface area contributed by atoms with E-state index < -0.39 is 61.1 Å². The summed E-state index contributed by atoms with van der Waals surface area (Å²) in [6, 6.07) is 24.8. The number of aromatic nitrogens is 2. The number of halogens is 1. The fourth-order valence-electron chi connectivity index (χ4n) is 13.6. The Morgan fingerprint density at radius 2 is 1.65 bits per heavy atom. The second-order valence-corrected chi connectivity index (χ2v) is 27.6. The van der Waals surface area contributed by atoms with Gasteiger partial charge in [-0.25, -0.2) is 18.1 Å². The molecule has 1 aliphatic carbocycles. The average molecular weight is 1270 g/mol. The SMILES string of the molecule is CC1(C)CCC(CN2CCN(c3ccc(C(=O)NS(=O)(=O)c4ccc(NCC5CCN(C6CCN(CCCC#Cc7cccc8c7C(=O)N(C7CCC(=O)NC7=O)C8=O)CC6)CC5)c([N+](=O)[O-])c4)c(Oc4cnc5[nH]ccc5c4)c3)CC2)=C(c2ccc(Cl)cc2)C1. The predicted octanol–water partition coefficient (Wildman–Crippen LogP) is 9.64. The molecule has 21 nitrogen and oxygen atoms in total. The molecule has 5 amide bonds. The Morgan fingerprint density at radius 1 is 0.868 bits per heavy atom. The number of anilines is 2. The summed E-state index contributed by atoms with van der Waals surface area (Å²) in [7, 11) is -4.63. The first-order valence-electron chi connectivity index (χ1n) is 31.4. The minimum absolute atomic E-state index is 0.0488. The number of aromatic amines is 1. The van der Waals surface area contributed by atoms with Gasteiger partial charge in [0.05, 0.1) is 32.7 Å². The van der Waals surface area contributed by atoms with Crippen molar-refractivity contribution in [3.63, 3.8) is 0 Å². The number of piperazine rings is 1. The number of nitrogens with one attached hydrogen (secondary N) is 4. The second-order valence-electron chi connectivity index (χ2n) is 25.4. The first-order chi connectivity index (χ1) is 43.8. The van der Waals surface area contributed by atoms with E-state index in [2.05, 4.69) is 82.7 Å². The quantitative estimate of drug-likeness (QED) is 0.0205. The number of piperidine rings is 3. The summed E-state index contributed by atoms with van der Waals surface area (Å²) in [6.45, 7) is 13.6. The van der Waals surface area contributed by atoms with E-state index in [4.69, 9.17) is 16.3 Å².